The Morgan fingerprint density at radius 2 is 1.00 bits per heavy atom. The lowest BCUT2D eigenvalue weighted by Crippen LogP contribution is -1.99. The van der Waals surface area contributed by atoms with Crippen LogP contribution in [-0.2, 0) is 0 Å². The van der Waals surface area contributed by atoms with Gasteiger partial charge in [-0.05, 0) is 25.7 Å². The second-order valence-electron chi connectivity index (χ2n) is 3.72. The Morgan fingerprint density at radius 1 is 0.750 bits per heavy atom. The Labute approximate surface area is 121 Å². The van der Waals surface area contributed by atoms with Gasteiger partial charge in [0.25, 0.3) is 0 Å². The average Bonchev–Trinajstić information content (AvgIpc) is 2.32. The first-order valence-electron chi connectivity index (χ1n) is 6.04. The van der Waals surface area contributed by atoms with Crippen molar-refractivity contribution in [2.45, 2.75) is 63.9 Å². The third-order valence-corrected chi connectivity index (χ3v) is 7.10. The summed E-state index contributed by atoms with van der Waals surface area (Å²) in [7, 11) is 0. The molecule has 96 valence electrons. The molecule has 0 aromatic carbocycles. The SMILES string of the molecule is CCC(CC)SC(S)=C(S)SC(CC)CC. The van der Waals surface area contributed by atoms with Gasteiger partial charge in [0.05, 0.1) is 8.47 Å². The number of hydrogen-bond acceptors (Lipinski definition) is 4. The van der Waals surface area contributed by atoms with Gasteiger partial charge in [0.15, 0.2) is 0 Å². The Kier molecular flexibility index (Phi) is 10.8. The van der Waals surface area contributed by atoms with Crippen molar-refractivity contribution in [3.8, 4) is 0 Å². The zero-order valence-electron chi connectivity index (χ0n) is 10.7. The molecule has 4 heteroatoms. The molecule has 0 N–H and O–H groups in total. The molecule has 0 aliphatic rings. The zero-order valence-corrected chi connectivity index (χ0v) is 14.1. The largest absolute Gasteiger partial charge is 0.135 e. The first-order valence-corrected chi connectivity index (χ1v) is 8.69. The van der Waals surface area contributed by atoms with Crippen LogP contribution in [-0.4, -0.2) is 10.5 Å². The third kappa shape index (κ3) is 6.77. The molecule has 0 unspecified atom stereocenters. The molecule has 0 saturated carbocycles. The van der Waals surface area contributed by atoms with Gasteiger partial charge >= 0.3 is 0 Å². The van der Waals surface area contributed by atoms with Crippen LogP contribution in [0.2, 0.25) is 0 Å². The van der Waals surface area contributed by atoms with Crippen molar-refractivity contribution in [2.24, 2.45) is 0 Å². The van der Waals surface area contributed by atoms with Gasteiger partial charge < -0.3 is 0 Å². The molecule has 0 amide bonds. The lowest BCUT2D eigenvalue weighted by molar-refractivity contribution is 0.794. The smallest absolute Gasteiger partial charge is 0.0572 e. The van der Waals surface area contributed by atoms with Crippen LogP contribution in [0.15, 0.2) is 8.47 Å². The Morgan fingerprint density at radius 3 is 1.19 bits per heavy atom. The molecular weight excluding hydrogens is 272 g/mol. The number of thiol groups is 2. The first kappa shape index (κ1) is 17.1. The lowest BCUT2D eigenvalue weighted by Gasteiger charge is -2.16. The van der Waals surface area contributed by atoms with Crippen molar-refractivity contribution in [3.63, 3.8) is 0 Å². The summed E-state index contributed by atoms with van der Waals surface area (Å²) in [6.45, 7) is 8.92. The lowest BCUT2D eigenvalue weighted by atomic mass is 10.3. The molecule has 0 spiro atoms. The van der Waals surface area contributed by atoms with Crippen molar-refractivity contribution >= 4 is 48.8 Å². The zero-order chi connectivity index (χ0) is 12.6. The van der Waals surface area contributed by atoms with E-state index in [1.807, 2.05) is 23.5 Å². The van der Waals surface area contributed by atoms with E-state index in [0.29, 0.717) is 10.5 Å². The molecule has 0 radical (unpaired) electrons. The second kappa shape index (κ2) is 10.1. The molecule has 0 bridgehead atoms. The van der Waals surface area contributed by atoms with Gasteiger partial charge in [0.1, 0.15) is 0 Å². The van der Waals surface area contributed by atoms with Crippen LogP contribution >= 0.6 is 48.8 Å². The van der Waals surface area contributed by atoms with Gasteiger partial charge in [0.2, 0.25) is 0 Å². The van der Waals surface area contributed by atoms with Crippen molar-refractivity contribution in [3.05, 3.63) is 8.47 Å². The van der Waals surface area contributed by atoms with E-state index in [1.54, 1.807) is 0 Å². The normalized spacial score (nSPS) is 13.5. The molecule has 0 fully saturated rings. The first-order chi connectivity index (χ1) is 7.58. The molecule has 0 aromatic heterocycles. The van der Waals surface area contributed by atoms with Crippen LogP contribution in [0.5, 0.6) is 0 Å². The van der Waals surface area contributed by atoms with E-state index in [1.165, 1.54) is 25.7 Å². The summed E-state index contributed by atoms with van der Waals surface area (Å²) in [6.07, 6.45) is 4.79. The molecule has 16 heavy (non-hydrogen) atoms. The highest BCUT2D eigenvalue weighted by molar-refractivity contribution is 8.21. The van der Waals surface area contributed by atoms with Crippen LogP contribution in [0.4, 0.5) is 0 Å². The van der Waals surface area contributed by atoms with Crippen molar-refractivity contribution in [1.82, 2.24) is 0 Å². The quantitative estimate of drug-likeness (QED) is 0.542. The van der Waals surface area contributed by atoms with E-state index < -0.39 is 0 Å². The topological polar surface area (TPSA) is 0 Å². The minimum atomic E-state index is 0.678. The van der Waals surface area contributed by atoms with E-state index in [9.17, 15) is 0 Å². The van der Waals surface area contributed by atoms with Crippen LogP contribution in [0, 0.1) is 0 Å². The molecule has 0 rings (SSSR count). The molecule has 0 aliphatic carbocycles. The van der Waals surface area contributed by atoms with Gasteiger partial charge in [-0.15, -0.1) is 48.8 Å². The highest BCUT2D eigenvalue weighted by Crippen LogP contribution is 2.39. The van der Waals surface area contributed by atoms with Crippen LogP contribution in [0.25, 0.3) is 0 Å². The maximum Gasteiger partial charge on any atom is 0.0572 e. The monoisotopic (exact) mass is 296 g/mol. The minimum absolute atomic E-state index is 0.678. The molecule has 0 saturated heterocycles. The predicted molar refractivity (Wildman–Crippen MR) is 88.9 cm³/mol. The Hall–Kier alpha value is 1.14. The van der Waals surface area contributed by atoms with Gasteiger partial charge in [-0.3, -0.25) is 0 Å². The number of hydrogen-bond donors (Lipinski definition) is 2. The fourth-order valence-corrected chi connectivity index (χ4v) is 4.33. The van der Waals surface area contributed by atoms with Crippen LogP contribution < -0.4 is 0 Å². The minimum Gasteiger partial charge on any atom is -0.135 e. The van der Waals surface area contributed by atoms with E-state index >= 15 is 0 Å². The summed E-state index contributed by atoms with van der Waals surface area (Å²) >= 11 is 12.9. The standard InChI is InChI=1S/C12H24S4/c1-5-9(6-2)15-11(13)12(14)16-10(7-3)8-4/h9-10,13-14H,5-8H2,1-4H3. The van der Waals surface area contributed by atoms with Crippen molar-refractivity contribution < 1.29 is 0 Å². The highest BCUT2D eigenvalue weighted by atomic mass is 32.2. The summed E-state index contributed by atoms with van der Waals surface area (Å²) in [4.78, 5) is 0. The second-order valence-corrected chi connectivity index (χ2v) is 7.84. The number of thioether (sulfide) groups is 2. The maximum absolute atomic E-state index is 4.57. The molecule has 0 heterocycles. The summed E-state index contributed by atoms with van der Waals surface area (Å²) in [6, 6.07) is 0. The summed E-state index contributed by atoms with van der Waals surface area (Å²) in [5.74, 6) is 0. The maximum atomic E-state index is 4.57. The summed E-state index contributed by atoms with van der Waals surface area (Å²) < 4.78 is 2.18. The fourth-order valence-electron chi connectivity index (χ4n) is 1.33. The van der Waals surface area contributed by atoms with Gasteiger partial charge in [-0.1, -0.05) is 27.7 Å². The highest BCUT2D eigenvalue weighted by Gasteiger charge is 2.11. The summed E-state index contributed by atoms with van der Waals surface area (Å²) in [5.41, 5.74) is 0. The fraction of sp³-hybridized carbons (Fsp3) is 0.833. The van der Waals surface area contributed by atoms with E-state index in [2.05, 4.69) is 53.0 Å². The Balaban J connectivity index is 4.33. The molecular formula is C12H24S4. The van der Waals surface area contributed by atoms with E-state index in [0.717, 1.165) is 8.47 Å². The third-order valence-electron chi connectivity index (χ3n) is 2.56. The summed E-state index contributed by atoms with van der Waals surface area (Å²) in [5, 5.41) is 1.36. The Bertz CT molecular complexity index is 183. The van der Waals surface area contributed by atoms with Crippen LogP contribution in [0.3, 0.4) is 0 Å². The molecule has 0 atom stereocenters. The van der Waals surface area contributed by atoms with Gasteiger partial charge in [0, 0.05) is 10.5 Å². The number of rotatable bonds is 8. The average molecular weight is 297 g/mol. The van der Waals surface area contributed by atoms with Crippen molar-refractivity contribution in [2.75, 3.05) is 0 Å². The van der Waals surface area contributed by atoms with E-state index in [4.69, 9.17) is 0 Å². The van der Waals surface area contributed by atoms with Gasteiger partial charge in [-0.25, -0.2) is 0 Å². The van der Waals surface area contributed by atoms with Crippen molar-refractivity contribution in [1.29, 1.82) is 0 Å². The van der Waals surface area contributed by atoms with Crippen LogP contribution in [0.1, 0.15) is 53.4 Å². The molecule has 0 aliphatic heterocycles. The van der Waals surface area contributed by atoms with E-state index in [-0.39, 0.29) is 0 Å². The predicted octanol–water partition coefficient (Wildman–Crippen LogP) is 5.82. The molecule has 0 nitrogen and oxygen atoms in total. The van der Waals surface area contributed by atoms with Gasteiger partial charge in [-0.2, -0.15) is 0 Å². The molecule has 0 aromatic rings.